The Hall–Kier alpha value is -1.56. The van der Waals surface area contributed by atoms with Crippen molar-refractivity contribution >= 4 is 27.7 Å². The minimum Gasteiger partial charge on any atom is -0.460 e. The van der Waals surface area contributed by atoms with Gasteiger partial charge in [0.25, 0.3) is 5.03 Å². The molecule has 1 N–H and O–H groups in total. The Morgan fingerprint density at radius 1 is 1.50 bits per heavy atom. The highest BCUT2D eigenvalue weighted by Gasteiger charge is 2.39. The summed E-state index contributed by atoms with van der Waals surface area (Å²) >= 11 is 0. The first-order valence-electron chi connectivity index (χ1n) is 6.51. The molecule has 0 aliphatic carbocycles. The fourth-order valence-electron chi connectivity index (χ4n) is 1.87. The molecular formula is C14H19N2O3S+. The van der Waals surface area contributed by atoms with Crippen LogP contribution in [-0.4, -0.2) is 34.0 Å². The highest BCUT2D eigenvalue weighted by Crippen LogP contribution is 2.26. The molecule has 2 rings (SSSR count). The van der Waals surface area contributed by atoms with E-state index in [1.165, 1.54) is 0 Å². The molecule has 0 amide bonds. The summed E-state index contributed by atoms with van der Waals surface area (Å²) in [6.07, 6.45) is 1.91. The monoisotopic (exact) mass is 295 g/mol. The van der Waals surface area contributed by atoms with Crippen molar-refractivity contribution in [2.75, 3.05) is 17.6 Å². The van der Waals surface area contributed by atoms with E-state index in [-0.39, 0.29) is 17.5 Å². The van der Waals surface area contributed by atoms with Crippen molar-refractivity contribution in [3.63, 3.8) is 0 Å². The summed E-state index contributed by atoms with van der Waals surface area (Å²) in [7, 11) is -0.627. The molecule has 1 aliphatic rings. The second-order valence-corrected chi connectivity index (χ2v) is 7.54. The minimum absolute atomic E-state index is 0.0970. The van der Waals surface area contributed by atoms with Crippen molar-refractivity contribution < 1.29 is 14.3 Å². The number of nitrogens with one attached hydrogen (secondary N) is 1. The Morgan fingerprint density at radius 3 is 2.95 bits per heavy atom. The molecule has 108 valence electrons. The van der Waals surface area contributed by atoms with Gasteiger partial charge >= 0.3 is 11.1 Å². The smallest absolute Gasteiger partial charge is 0.357 e. The fraction of sp³-hybridized carbons (Fsp3) is 0.500. The topological polar surface area (TPSA) is 68.3 Å². The number of hydrogen-bond donors (Lipinski definition) is 1. The van der Waals surface area contributed by atoms with Crippen LogP contribution in [0.15, 0.2) is 23.4 Å². The normalized spacial score (nSPS) is 18.1. The first kappa shape index (κ1) is 14.8. The number of carbonyl (C=O) groups is 2. The summed E-state index contributed by atoms with van der Waals surface area (Å²) in [6.45, 7) is 5.80. The van der Waals surface area contributed by atoms with Gasteiger partial charge < -0.3 is 10.1 Å². The predicted molar refractivity (Wildman–Crippen MR) is 78.7 cm³/mol. The molecule has 1 aromatic heterocycles. The van der Waals surface area contributed by atoms with Crippen LogP contribution < -0.4 is 5.32 Å². The molecule has 0 radical (unpaired) electrons. The largest absolute Gasteiger partial charge is 0.460 e. The van der Waals surface area contributed by atoms with E-state index in [0.29, 0.717) is 12.3 Å². The number of anilines is 1. The van der Waals surface area contributed by atoms with Gasteiger partial charge in [0.05, 0.1) is 6.42 Å². The highest BCUT2D eigenvalue weighted by atomic mass is 32.2. The van der Waals surface area contributed by atoms with E-state index >= 15 is 0 Å². The van der Waals surface area contributed by atoms with Crippen LogP contribution in [0.4, 0.5) is 5.69 Å². The molecule has 0 saturated carbocycles. The number of pyridine rings is 1. The molecule has 6 heteroatoms. The number of aromatic nitrogens is 1. The molecule has 1 atom stereocenters. The first-order chi connectivity index (χ1) is 9.37. The molecule has 0 spiro atoms. The van der Waals surface area contributed by atoms with Crippen LogP contribution in [0, 0.1) is 0 Å². The van der Waals surface area contributed by atoms with Gasteiger partial charge in [0.1, 0.15) is 34.5 Å². The SMILES string of the molecule is CC(C)(C)OC(=O)CC[S+]1C(=O)CNc2cccnc21. The van der Waals surface area contributed by atoms with Crippen LogP contribution in [0.1, 0.15) is 27.2 Å². The third-order valence-corrected chi connectivity index (χ3v) is 4.73. The van der Waals surface area contributed by atoms with Crippen LogP contribution in [0.25, 0.3) is 0 Å². The zero-order valence-electron chi connectivity index (χ0n) is 11.9. The zero-order chi connectivity index (χ0) is 14.8. The maximum atomic E-state index is 12.0. The molecule has 5 nitrogen and oxygen atoms in total. The Balaban J connectivity index is 2.02. The second-order valence-electron chi connectivity index (χ2n) is 5.51. The highest BCUT2D eigenvalue weighted by molar-refractivity contribution is 8.11. The van der Waals surface area contributed by atoms with E-state index in [9.17, 15) is 9.59 Å². The molecular weight excluding hydrogens is 276 g/mol. The summed E-state index contributed by atoms with van der Waals surface area (Å²) in [5, 5.41) is 3.90. The molecule has 1 aromatic rings. The summed E-state index contributed by atoms with van der Waals surface area (Å²) in [6, 6.07) is 3.74. The molecule has 0 fully saturated rings. The lowest BCUT2D eigenvalue weighted by atomic mass is 10.2. The van der Waals surface area contributed by atoms with E-state index in [2.05, 4.69) is 10.3 Å². The van der Waals surface area contributed by atoms with Crippen molar-refractivity contribution in [3.8, 4) is 0 Å². The fourth-order valence-corrected chi connectivity index (χ4v) is 3.72. The quantitative estimate of drug-likeness (QED) is 0.679. The number of carbonyl (C=O) groups excluding carboxylic acids is 2. The summed E-state index contributed by atoms with van der Waals surface area (Å²) < 4.78 is 5.27. The molecule has 1 unspecified atom stereocenters. The van der Waals surface area contributed by atoms with Crippen LogP contribution in [0.3, 0.4) is 0 Å². The lowest BCUT2D eigenvalue weighted by Crippen LogP contribution is -2.34. The van der Waals surface area contributed by atoms with E-state index in [1.807, 2.05) is 32.9 Å². The number of ether oxygens (including phenoxy) is 1. The summed E-state index contributed by atoms with van der Waals surface area (Å²) in [5.74, 6) is 0.202. The Bertz CT molecular complexity index is 525. The minimum atomic E-state index is -0.627. The number of rotatable bonds is 3. The predicted octanol–water partition coefficient (Wildman–Crippen LogP) is 1.74. The van der Waals surface area contributed by atoms with Gasteiger partial charge in [0, 0.05) is 6.20 Å². The third-order valence-electron chi connectivity index (χ3n) is 2.63. The number of esters is 1. The van der Waals surface area contributed by atoms with Gasteiger partial charge in [-0.25, -0.2) is 9.78 Å². The van der Waals surface area contributed by atoms with Gasteiger partial charge in [0.2, 0.25) is 0 Å². The average Bonchev–Trinajstić information content (AvgIpc) is 2.35. The van der Waals surface area contributed by atoms with Crippen molar-refractivity contribution in [2.45, 2.75) is 37.8 Å². The molecule has 0 saturated heterocycles. The molecule has 2 heterocycles. The third kappa shape index (κ3) is 3.72. The van der Waals surface area contributed by atoms with Crippen LogP contribution >= 0.6 is 0 Å². The lowest BCUT2D eigenvalue weighted by molar-refractivity contribution is -0.154. The standard InChI is InChI=1S/C14H19N2O3S/c1-14(2,3)19-11(17)6-8-20-12(18)9-16-10-5-4-7-15-13(10)20/h4-5,7,16H,6,8-9H2,1-3H3/q+1. The molecule has 1 aliphatic heterocycles. The van der Waals surface area contributed by atoms with E-state index in [4.69, 9.17) is 4.74 Å². The Labute approximate surface area is 121 Å². The molecule has 0 bridgehead atoms. The average molecular weight is 295 g/mol. The van der Waals surface area contributed by atoms with E-state index < -0.39 is 16.5 Å². The zero-order valence-corrected chi connectivity index (χ0v) is 12.8. The number of hydrogen-bond acceptors (Lipinski definition) is 5. The van der Waals surface area contributed by atoms with Gasteiger partial charge in [-0.15, -0.1) is 0 Å². The van der Waals surface area contributed by atoms with Crippen molar-refractivity contribution in [1.29, 1.82) is 0 Å². The van der Waals surface area contributed by atoms with Gasteiger partial charge in [-0.1, -0.05) is 0 Å². The van der Waals surface area contributed by atoms with Gasteiger partial charge in [-0.2, -0.15) is 0 Å². The van der Waals surface area contributed by atoms with Gasteiger partial charge in [0.15, 0.2) is 0 Å². The number of nitrogens with zero attached hydrogens (tertiary/aromatic N) is 1. The summed E-state index contributed by atoms with van der Waals surface area (Å²) in [4.78, 5) is 28.0. The maximum Gasteiger partial charge on any atom is 0.357 e. The first-order valence-corrected chi connectivity index (χ1v) is 7.91. The van der Waals surface area contributed by atoms with Crippen LogP contribution in [-0.2, 0) is 25.2 Å². The second kappa shape index (κ2) is 5.83. The maximum absolute atomic E-state index is 12.0. The van der Waals surface area contributed by atoms with Gasteiger partial charge in [-0.3, -0.25) is 4.79 Å². The lowest BCUT2D eigenvalue weighted by Gasteiger charge is -2.20. The van der Waals surface area contributed by atoms with Crippen molar-refractivity contribution in [3.05, 3.63) is 18.3 Å². The van der Waals surface area contributed by atoms with E-state index in [0.717, 1.165) is 10.7 Å². The summed E-state index contributed by atoms with van der Waals surface area (Å²) in [5.41, 5.74) is 0.397. The molecule has 20 heavy (non-hydrogen) atoms. The van der Waals surface area contributed by atoms with Gasteiger partial charge in [-0.05, 0) is 32.9 Å². The van der Waals surface area contributed by atoms with Crippen molar-refractivity contribution in [2.24, 2.45) is 0 Å². The van der Waals surface area contributed by atoms with Crippen molar-refractivity contribution in [1.82, 2.24) is 4.98 Å². The van der Waals surface area contributed by atoms with E-state index in [1.54, 1.807) is 6.20 Å². The molecule has 0 aromatic carbocycles. The van der Waals surface area contributed by atoms with Crippen LogP contribution in [0.2, 0.25) is 0 Å². The number of fused-ring (bicyclic) bond motifs is 1. The Morgan fingerprint density at radius 2 is 2.25 bits per heavy atom. The Kier molecular flexibility index (Phi) is 4.32. The van der Waals surface area contributed by atoms with Crippen LogP contribution in [0.5, 0.6) is 0 Å².